The van der Waals surface area contributed by atoms with Gasteiger partial charge in [0, 0.05) is 12.1 Å². The molecule has 3 aromatic carbocycles. The molecular formula is C23H22FN3O3. The molecule has 3 aromatic rings. The Morgan fingerprint density at radius 3 is 2.33 bits per heavy atom. The number of nitrogens with one attached hydrogen (secondary N) is 1. The summed E-state index contributed by atoms with van der Waals surface area (Å²) in [5.41, 5.74) is 8.40. The molecule has 7 heteroatoms. The molecule has 0 bridgehead atoms. The molecule has 0 atom stereocenters. The van der Waals surface area contributed by atoms with Gasteiger partial charge in [-0.05, 0) is 47.5 Å². The zero-order valence-electron chi connectivity index (χ0n) is 16.3. The zero-order chi connectivity index (χ0) is 21.2. The number of halogens is 1. The lowest BCUT2D eigenvalue weighted by Gasteiger charge is -2.07. The number of hydrogen-bond donors (Lipinski definition) is 2. The Labute approximate surface area is 174 Å². The maximum absolute atomic E-state index is 12.9. The van der Waals surface area contributed by atoms with Crippen LogP contribution in [-0.2, 0) is 22.8 Å². The molecule has 30 heavy (non-hydrogen) atoms. The average Bonchev–Trinajstić information content (AvgIpc) is 2.78. The van der Waals surface area contributed by atoms with Crippen LogP contribution in [0.15, 0.2) is 84.0 Å². The van der Waals surface area contributed by atoms with Crippen molar-refractivity contribution in [1.82, 2.24) is 5.32 Å². The first kappa shape index (κ1) is 20.9. The summed E-state index contributed by atoms with van der Waals surface area (Å²) < 4.78 is 18.6. The number of carbonyl (C=O) groups is 1. The molecule has 0 fully saturated rings. The number of hydrogen-bond acceptors (Lipinski definition) is 4. The van der Waals surface area contributed by atoms with Crippen LogP contribution in [0.2, 0.25) is 0 Å². The summed E-state index contributed by atoms with van der Waals surface area (Å²) in [5, 5.41) is 6.42. The van der Waals surface area contributed by atoms with Crippen molar-refractivity contribution in [2.24, 2.45) is 10.9 Å². The summed E-state index contributed by atoms with van der Waals surface area (Å²) in [6.07, 6.45) is 0. The van der Waals surface area contributed by atoms with Crippen LogP contribution in [0.1, 0.15) is 16.7 Å². The van der Waals surface area contributed by atoms with Gasteiger partial charge in [-0.15, -0.1) is 0 Å². The van der Waals surface area contributed by atoms with Gasteiger partial charge < -0.3 is 20.6 Å². The minimum absolute atomic E-state index is 0.149. The van der Waals surface area contributed by atoms with Crippen molar-refractivity contribution in [1.29, 1.82) is 0 Å². The predicted octanol–water partition coefficient (Wildman–Crippen LogP) is 3.36. The molecule has 0 heterocycles. The summed E-state index contributed by atoms with van der Waals surface area (Å²) in [4.78, 5) is 16.8. The zero-order valence-corrected chi connectivity index (χ0v) is 16.3. The van der Waals surface area contributed by atoms with Gasteiger partial charge in [-0.1, -0.05) is 47.6 Å². The minimum Gasteiger partial charge on any atom is -0.489 e. The molecule has 3 N–H and O–H groups in total. The van der Waals surface area contributed by atoms with Crippen LogP contribution < -0.4 is 15.8 Å². The highest BCUT2D eigenvalue weighted by molar-refractivity contribution is 5.97. The van der Waals surface area contributed by atoms with E-state index in [0.717, 1.165) is 11.1 Å². The normalized spacial score (nSPS) is 11.0. The van der Waals surface area contributed by atoms with E-state index in [9.17, 15) is 9.18 Å². The van der Waals surface area contributed by atoms with E-state index in [-0.39, 0.29) is 30.7 Å². The maximum Gasteiger partial charge on any atom is 0.261 e. The van der Waals surface area contributed by atoms with Crippen LogP contribution >= 0.6 is 0 Å². The molecule has 0 aliphatic rings. The fraction of sp³-hybridized carbons (Fsp3) is 0.130. The average molecular weight is 407 g/mol. The van der Waals surface area contributed by atoms with Gasteiger partial charge in [-0.3, -0.25) is 4.79 Å². The maximum atomic E-state index is 12.9. The van der Waals surface area contributed by atoms with Crippen molar-refractivity contribution < 1.29 is 18.8 Å². The topological polar surface area (TPSA) is 85.9 Å². The Balaban J connectivity index is 1.42. The van der Waals surface area contributed by atoms with E-state index < -0.39 is 0 Å². The second kappa shape index (κ2) is 10.6. The highest BCUT2D eigenvalue weighted by Crippen LogP contribution is 2.14. The second-order valence-corrected chi connectivity index (χ2v) is 6.45. The van der Waals surface area contributed by atoms with Crippen LogP contribution in [0, 0.1) is 5.82 Å². The molecule has 6 nitrogen and oxygen atoms in total. The van der Waals surface area contributed by atoms with E-state index in [4.69, 9.17) is 15.3 Å². The van der Waals surface area contributed by atoms with Gasteiger partial charge in [-0.25, -0.2) is 4.39 Å². The van der Waals surface area contributed by atoms with Crippen molar-refractivity contribution in [3.63, 3.8) is 0 Å². The summed E-state index contributed by atoms with van der Waals surface area (Å²) in [6.45, 7) is 0.464. The van der Waals surface area contributed by atoms with Crippen molar-refractivity contribution in [3.8, 4) is 5.75 Å². The smallest absolute Gasteiger partial charge is 0.261 e. The fourth-order valence-corrected chi connectivity index (χ4v) is 2.53. The molecule has 3 rings (SSSR count). The number of ether oxygens (including phenoxy) is 1. The molecule has 0 unspecified atom stereocenters. The number of carbonyl (C=O) groups excluding carboxylic acids is 1. The van der Waals surface area contributed by atoms with Gasteiger partial charge in [-0.2, -0.15) is 0 Å². The van der Waals surface area contributed by atoms with E-state index in [1.165, 1.54) is 12.1 Å². The van der Waals surface area contributed by atoms with Gasteiger partial charge >= 0.3 is 0 Å². The third-order valence-corrected chi connectivity index (χ3v) is 4.16. The van der Waals surface area contributed by atoms with Gasteiger partial charge in [0.1, 0.15) is 18.2 Å². The lowest BCUT2D eigenvalue weighted by atomic mass is 10.2. The van der Waals surface area contributed by atoms with Crippen molar-refractivity contribution >= 4 is 11.7 Å². The quantitative estimate of drug-likeness (QED) is 0.324. The van der Waals surface area contributed by atoms with Crippen LogP contribution in [0.4, 0.5) is 4.39 Å². The number of benzene rings is 3. The molecule has 0 aromatic heterocycles. The first-order valence-corrected chi connectivity index (χ1v) is 9.34. The number of amidine groups is 1. The fourth-order valence-electron chi connectivity index (χ4n) is 2.53. The van der Waals surface area contributed by atoms with E-state index in [1.54, 1.807) is 36.4 Å². The number of oxime groups is 1. The minimum atomic E-state index is -0.361. The molecule has 154 valence electrons. The number of rotatable bonds is 9. The number of nitrogens with zero attached hydrogens (tertiary/aromatic N) is 1. The van der Waals surface area contributed by atoms with Crippen LogP contribution in [0.25, 0.3) is 0 Å². The first-order valence-electron chi connectivity index (χ1n) is 9.34. The number of amides is 1. The van der Waals surface area contributed by atoms with Gasteiger partial charge in [0.2, 0.25) is 0 Å². The van der Waals surface area contributed by atoms with Gasteiger partial charge in [0.05, 0.1) is 0 Å². The Morgan fingerprint density at radius 1 is 0.933 bits per heavy atom. The first-order chi connectivity index (χ1) is 14.6. The van der Waals surface area contributed by atoms with Crippen LogP contribution in [-0.4, -0.2) is 18.3 Å². The highest BCUT2D eigenvalue weighted by Gasteiger charge is 2.04. The number of nitrogens with two attached hydrogens (primary N) is 1. The molecule has 0 aliphatic heterocycles. The summed E-state index contributed by atoms with van der Waals surface area (Å²) >= 11 is 0. The molecular weight excluding hydrogens is 385 g/mol. The summed E-state index contributed by atoms with van der Waals surface area (Å²) in [7, 11) is 0. The summed E-state index contributed by atoms with van der Waals surface area (Å²) in [5.74, 6) is 0.169. The largest absolute Gasteiger partial charge is 0.489 e. The third kappa shape index (κ3) is 6.63. The molecule has 1 amide bonds. The van der Waals surface area contributed by atoms with E-state index in [0.29, 0.717) is 17.9 Å². The second-order valence-electron chi connectivity index (χ2n) is 6.45. The monoisotopic (exact) mass is 407 g/mol. The Hall–Kier alpha value is -3.87. The standard InChI is InChI=1S/C23H22FN3O3/c24-20-10-6-17(7-11-20)14-26-22(28)16-30-27-23(25)19-8-12-21(13-9-19)29-15-18-4-2-1-3-5-18/h1-13H,14-16H2,(H2,25,27)(H,26,28). The SMILES string of the molecule is N/C(=N/OCC(=O)NCc1ccc(F)cc1)c1ccc(OCc2ccccc2)cc1. The van der Waals surface area contributed by atoms with Crippen LogP contribution in [0.3, 0.4) is 0 Å². The Kier molecular flexibility index (Phi) is 7.38. The van der Waals surface area contributed by atoms with Crippen molar-refractivity contribution in [2.75, 3.05) is 6.61 Å². The van der Waals surface area contributed by atoms with E-state index in [1.807, 2.05) is 30.3 Å². The van der Waals surface area contributed by atoms with Gasteiger partial charge in [0.15, 0.2) is 12.4 Å². The highest BCUT2D eigenvalue weighted by atomic mass is 19.1. The molecule has 0 saturated carbocycles. The van der Waals surface area contributed by atoms with E-state index in [2.05, 4.69) is 10.5 Å². The van der Waals surface area contributed by atoms with Gasteiger partial charge in [0.25, 0.3) is 5.91 Å². The molecule has 0 aliphatic carbocycles. The third-order valence-electron chi connectivity index (χ3n) is 4.16. The molecule has 0 radical (unpaired) electrons. The lowest BCUT2D eigenvalue weighted by Crippen LogP contribution is -2.27. The van der Waals surface area contributed by atoms with Crippen LogP contribution in [0.5, 0.6) is 5.75 Å². The predicted molar refractivity (Wildman–Crippen MR) is 112 cm³/mol. The lowest BCUT2D eigenvalue weighted by molar-refractivity contribution is -0.125. The Bertz CT molecular complexity index is 975. The molecule has 0 spiro atoms. The Morgan fingerprint density at radius 2 is 1.63 bits per heavy atom. The van der Waals surface area contributed by atoms with Crippen molar-refractivity contribution in [3.05, 3.63) is 101 Å². The molecule has 0 saturated heterocycles. The van der Waals surface area contributed by atoms with E-state index >= 15 is 0 Å². The van der Waals surface area contributed by atoms with Crippen molar-refractivity contribution in [2.45, 2.75) is 13.2 Å². The summed E-state index contributed by atoms with van der Waals surface area (Å²) in [6, 6.07) is 22.8.